The van der Waals surface area contributed by atoms with Crippen molar-refractivity contribution in [2.75, 3.05) is 6.61 Å². The summed E-state index contributed by atoms with van der Waals surface area (Å²) in [6.45, 7) is 4.31. The van der Waals surface area contributed by atoms with Gasteiger partial charge in [-0.25, -0.2) is 0 Å². The van der Waals surface area contributed by atoms with E-state index in [-0.39, 0.29) is 6.10 Å². The Balaban J connectivity index is 2.34. The van der Waals surface area contributed by atoms with Crippen molar-refractivity contribution in [2.24, 2.45) is 0 Å². The summed E-state index contributed by atoms with van der Waals surface area (Å²) in [7, 11) is 0. The molecule has 0 spiro atoms. The van der Waals surface area contributed by atoms with Crippen LogP contribution in [0.1, 0.15) is 24.8 Å². The molecule has 1 atom stereocenters. The van der Waals surface area contributed by atoms with Crippen molar-refractivity contribution in [3.8, 4) is 0 Å². The predicted molar refractivity (Wildman–Crippen MR) is 50.4 cm³/mol. The first-order valence-electron chi connectivity index (χ1n) is 4.03. The first kappa shape index (κ1) is 9.71. The van der Waals surface area contributed by atoms with Gasteiger partial charge in [0.25, 0.3) is 0 Å². The quantitative estimate of drug-likeness (QED) is 0.781. The van der Waals surface area contributed by atoms with Gasteiger partial charge in [0.2, 0.25) is 0 Å². The zero-order chi connectivity index (χ0) is 8.97. The standard InChI is InChI=1S/C9H14O2S/c1-7(2)11-6-8(10)9-4-3-5-12-9/h3-5,7-8,10H,6H2,1-2H3. The molecule has 12 heavy (non-hydrogen) atoms. The second-order valence-electron chi connectivity index (χ2n) is 2.91. The van der Waals surface area contributed by atoms with Crippen molar-refractivity contribution >= 4 is 11.3 Å². The molecular weight excluding hydrogens is 172 g/mol. The van der Waals surface area contributed by atoms with Crippen LogP contribution in [0.25, 0.3) is 0 Å². The average molecular weight is 186 g/mol. The maximum atomic E-state index is 9.54. The van der Waals surface area contributed by atoms with E-state index in [1.54, 1.807) is 11.3 Å². The Bertz CT molecular complexity index is 206. The van der Waals surface area contributed by atoms with E-state index in [2.05, 4.69) is 0 Å². The molecule has 1 aromatic rings. The zero-order valence-electron chi connectivity index (χ0n) is 7.36. The Kier molecular flexibility index (Phi) is 3.72. The average Bonchev–Trinajstić information content (AvgIpc) is 2.51. The molecular formula is C9H14O2S. The number of aliphatic hydroxyl groups is 1. The van der Waals surface area contributed by atoms with Gasteiger partial charge in [-0.15, -0.1) is 11.3 Å². The van der Waals surface area contributed by atoms with Gasteiger partial charge >= 0.3 is 0 Å². The number of hydrogen-bond acceptors (Lipinski definition) is 3. The Morgan fingerprint density at radius 3 is 2.83 bits per heavy atom. The molecule has 0 aliphatic carbocycles. The van der Waals surface area contributed by atoms with Crippen LogP contribution < -0.4 is 0 Å². The minimum absolute atomic E-state index is 0.180. The van der Waals surface area contributed by atoms with Crippen molar-refractivity contribution in [3.63, 3.8) is 0 Å². The molecule has 1 unspecified atom stereocenters. The summed E-state index contributed by atoms with van der Waals surface area (Å²) < 4.78 is 5.28. The van der Waals surface area contributed by atoms with Gasteiger partial charge in [-0.1, -0.05) is 6.07 Å². The highest BCUT2D eigenvalue weighted by Crippen LogP contribution is 2.18. The van der Waals surface area contributed by atoms with Crippen LogP contribution in [0.5, 0.6) is 0 Å². The van der Waals surface area contributed by atoms with Gasteiger partial charge in [0.05, 0.1) is 12.7 Å². The van der Waals surface area contributed by atoms with Crippen LogP contribution in [-0.4, -0.2) is 17.8 Å². The summed E-state index contributed by atoms with van der Waals surface area (Å²) in [5.74, 6) is 0. The number of hydrogen-bond donors (Lipinski definition) is 1. The zero-order valence-corrected chi connectivity index (χ0v) is 8.17. The van der Waals surface area contributed by atoms with Gasteiger partial charge in [-0.3, -0.25) is 0 Å². The molecule has 1 N–H and O–H groups in total. The molecule has 0 aliphatic rings. The summed E-state index contributed by atoms with van der Waals surface area (Å²) in [5.41, 5.74) is 0. The first-order chi connectivity index (χ1) is 5.70. The highest BCUT2D eigenvalue weighted by molar-refractivity contribution is 7.10. The smallest absolute Gasteiger partial charge is 0.111 e. The van der Waals surface area contributed by atoms with E-state index >= 15 is 0 Å². The van der Waals surface area contributed by atoms with Crippen molar-refractivity contribution in [1.82, 2.24) is 0 Å². The van der Waals surface area contributed by atoms with E-state index in [1.165, 1.54) is 0 Å². The van der Waals surface area contributed by atoms with E-state index < -0.39 is 6.10 Å². The van der Waals surface area contributed by atoms with Gasteiger partial charge in [0.15, 0.2) is 0 Å². The third-order valence-corrected chi connectivity index (χ3v) is 2.43. The SMILES string of the molecule is CC(C)OCC(O)c1cccs1. The van der Waals surface area contributed by atoms with Gasteiger partial charge in [0, 0.05) is 4.88 Å². The molecule has 0 amide bonds. The van der Waals surface area contributed by atoms with E-state index in [9.17, 15) is 5.11 Å². The first-order valence-corrected chi connectivity index (χ1v) is 4.91. The van der Waals surface area contributed by atoms with E-state index in [4.69, 9.17) is 4.74 Å². The summed E-state index contributed by atoms with van der Waals surface area (Å²) in [6, 6.07) is 3.84. The lowest BCUT2D eigenvalue weighted by molar-refractivity contribution is 0.00633. The summed E-state index contributed by atoms with van der Waals surface area (Å²) >= 11 is 1.55. The minimum Gasteiger partial charge on any atom is -0.385 e. The number of ether oxygens (including phenoxy) is 1. The molecule has 0 radical (unpaired) electrons. The Morgan fingerprint density at radius 2 is 2.33 bits per heavy atom. The largest absolute Gasteiger partial charge is 0.385 e. The predicted octanol–water partition coefficient (Wildman–Crippen LogP) is 2.21. The van der Waals surface area contributed by atoms with Crippen molar-refractivity contribution in [1.29, 1.82) is 0 Å². The van der Waals surface area contributed by atoms with Crippen molar-refractivity contribution < 1.29 is 9.84 Å². The van der Waals surface area contributed by atoms with Gasteiger partial charge < -0.3 is 9.84 Å². The molecule has 68 valence electrons. The number of thiophene rings is 1. The van der Waals surface area contributed by atoms with Crippen molar-refractivity contribution in [2.45, 2.75) is 26.1 Å². The summed E-state index contributed by atoms with van der Waals surface area (Å²) in [5, 5.41) is 11.5. The number of rotatable bonds is 4. The molecule has 0 saturated carbocycles. The van der Waals surface area contributed by atoms with Crippen LogP contribution >= 0.6 is 11.3 Å². The van der Waals surface area contributed by atoms with Crippen LogP contribution in [0.2, 0.25) is 0 Å². The molecule has 0 aliphatic heterocycles. The highest BCUT2D eigenvalue weighted by atomic mass is 32.1. The Hall–Kier alpha value is -0.380. The lowest BCUT2D eigenvalue weighted by Crippen LogP contribution is -2.10. The van der Waals surface area contributed by atoms with Gasteiger partial charge in [-0.2, -0.15) is 0 Å². The maximum absolute atomic E-state index is 9.54. The van der Waals surface area contributed by atoms with Crippen LogP contribution in [-0.2, 0) is 4.74 Å². The molecule has 0 aromatic carbocycles. The lowest BCUT2D eigenvalue weighted by Gasteiger charge is -2.11. The molecule has 1 heterocycles. The lowest BCUT2D eigenvalue weighted by atomic mass is 10.3. The third-order valence-electron chi connectivity index (χ3n) is 1.46. The Labute approximate surface area is 76.8 Å². The molecule has 1 rings (SSSR count). The van der Waals surface area contributed by atoms with E-state index in [1.807, 2.05) is 31.4 Å². The van der Waals surface area contributed by atoms with Gasteiger partial charge in [0.1, 0.15) is 6.10 Å². The molecule has 2 nitrogen and oxygen atoms in total. The second-order valence-corrected chi connectivity index (χ2v) is 3.89. The fraction of sp³-hybridized carbons (Fsp3) is 0.556. The van der Waals surface area contributed by atoms with Crippen LogP contribution in [0, 0.1) is 0 Å². The minimum atomic E-state index is -0.465. The van der Waals surface area contributed by atoms with Crippen LogP contribution in [0.4, 0.5) is 0 Å². The monoisotopic (exact) mass is 186 g/mol. The maximum Gasteiger partial charge on any atom is 0.111 e. The second kappa shape index (κ2) is 4.60. The third kappa shape index (κ3) is 2.93. The number of aliphatic hydroxyl groups excluding tert-OH is 1. The van der Waals surface area contributed by atoms with Crippen LogP contribution in [0.15, 0.2) is 17.5 Å². The fourth-order valence-corrected chi connectivity index (χ4v) is 1.54. The van der Waals surface area contributed by atoms with E-state index in [0.29, 0.717) is 6.61 Å². The Morgan fingerprint density at radius 1 is 1.58 bits per heavy atom. The van der Waals surface area contributed by atoms with Gasteiger partial charge in [-0.05, 0) is 25.3 Å². The van der Waals surface area contributed by atoms with E-state index in [0.717, 1.165) is 4.88 Å². The highest BCUT2D eigenvalue weighted by Gasteiger charge is 2.08. The fourth-order valence-electron chi connectivity index (χ4n) is 0.847. The summed E-state index contributed by atoms with van der Waals surface area (Å²) in [4.78, 5) is 0.968. The molecule has 0 bridgehead atoms. The molecule has 0 saturated heterocycles. The normalized spacial score (nSPS) is 13.7. The molecule has 3 heteroatoms. The van der Waals surface area contributed by atoms with Crippen molar-refractivity contribution in [3.05, 3.63) is 22.4 Å². The molecule has 1 aromatic heterocycles. The topological polar surface area (TPSA) is 29.5 Å². The summed E-state index contributed by atoms with van der Waals surface area (Å²) in [6.07, 6.45) is -0.285. The van der Waals surface area contributed by atoms with Crippen LogP contribution in [0.3, 0.4) is 0 Å². The molecule has 0 fully saturated rings.